The molecule has 1 aromatic carbocycles. The highest BCUT2D eigenvalue weighted by Crippen LogP contribution is 2.21. The minimum atomic E-state index is 0.836. The van der Waals surface area contributed by atoms with Crippen molar-refractivity contribution < 1.29 is 0 Å². The van der Waals surface area contributed by atoms with E-state index in [0.29, 0.717) is 0 Å². The second-order valence-corrected chi connectivity index (χ2v) is 5.58. The molecule has 1 atom stereocenters. The van der Waals surface area contributed by atoms with Crippen LogP contribution >= 0.6 is 0 Å². The fourth-order valence-corrected chi connectivity index (χ4v) is 2.76. The molecule has 0 spiro atoms. The Labute approximate surface area is 110 Å². The van der Waals surface area contributed by atoms with Crippen molar-refractivity contribution in [2.45, 2.75) is 26.2 Å². The molecule has 100 valence electrons. The molecule has 0 saturated carbocycles. The minimum absolute atomic E-state index is 0.836. The van der Waals surface area contributed by atoms with E-state index in [0.717, 1.165) is 23.8 Å². The van der Waals surface area contributed by atoms with Gasteiger partial charge in [0.05, 0.1) is 11.4 Å². The summed E-state index contributed by atoms with van der Waals surface area (Å²) < 4.78 is 0. The van der Waals surface area contributed by atoms with E-state index < -0.39 is 0 Å². The third-order valence-electron chi connectivity index (χ3n) is 3.80. The fourth-order valence-electron chi connectivity index (χ4n) is 2.76. The van der Waals surface area contributed by atoms with E-state index in [1.54, 1.807) is 0 Å². The van der Waals surface area contributed by atoms with E-state index >= 15 is 0 Å². The van der Waals surface area contributed by atoms with Gasteiger partial charge in [0.1, 0.15) is 0 Å². The number of hydrogen-bond acceptors (Lipinski definition) is 3. The van der Waals surface area contributed by atoms with Crippen LogP contribution in [-0.4, -0.2) is 31.6 Å². The molecule has 1 fully saturated rings. The third kappa shape index (κ3) is 3.64. The van der Waals surface area contributed by atoms with Gasteiger partial charge in [-0.25, -0.2) is 0 Å². The Hall–Kier alpha value is -1.22. The van der Waals surface area contributed by atoms with Crippen molar-refractivity contribution in [1.29, 1.82) is 0 Å². The number of nitrogens with one attached hydrogen (secondary N) is 1. The molecule has 3 N–H and O–H groups in total. The van der Waals surface area contributed by atoms with Gasteiger partial charge in [-0.3, -0.25) is 0 Å². The van der Waals surface area contributed by atoms with Crippen LogP contribution in [0.25, 0.3) is 0 Å². The maximum Gasteiger partial charge on any atom is 0.0574 e. The van der Waals surface area contributed by atoms with E-state index in [2.05, 4.69) is 36.3 Å². The first-order valence-corrected chi connectivity index (χ1v) is 6.93. The van der Waals surface area contributed by atoms with Crippen molar-refractivity contribution in [3.05, 3.63) is 23.8 Å². The van der Waals surface area contributed by atoms with Gasteiger partial charge in [0.2, 0.25) is 0 Å². The largest absolute Gasteiger partial charge is 0.397 e. The first-order chi connectivity index (χ1) is 8.65. The number of nitrogen functional groups attached to an aromatic ring is 1. The van der Waals surface area contributed by atoms with Gasteiger partial charge < -0.3 is 16.0 Å². The van der Waals surface area contributed by atoms with Crippen molar-refractivity contribution in [3.63, 3.8) is 0 Å². The summed E-state index contributed by atoms with van der Waals surface area (Å²) in [5.74, 6) is 0.836. The zero-order valence-electron chi connectivity index (χ0n) is 11.6. The molecule has 18 heavy (non-hydrogen) atoms. The molecule has 2 rings (SSSR count). The van der Waals surface area contributed by atoms with E-state index in [1.807, 2.05) is 6.07 Å². The topological polar surface area (TPSA) is 41.3 Å². The van der Waals surface area contributed by atoms with Crippen molar-refractivity contribution >= 4 is 11.4 Å². The summed E-state index contributed by atoms with van der Waals surface area (Å²) in [5, 5.41) is 3.46. The Kier molecular flexibility index (Phi) is 4.48. The molecule has 0 bridgehead atoms. The summed E-state index contributed by atoms with van der Waals surface area (Å²) in [5.41, 5.74) is 9.14. The van der Waals surface area contributed by atoms with Crippen LogP contribution in [-0.2, 0) is 0 Å². The lowest BCUT2D eigenvalue weighted by atomic mass is 9.95. The van der Waals surface area contributed by atoms with Gasteiger partial charge in [-0.05, 0) is 63.4 Å². The summed E-state index contributed by atoms with van der Waals surface area (Å²) in [4.78, 5) is 2.44. The molecular formula is C15H25N3. The maximum absolute atomic E-state index is 5.99. The molecule has 3 heteroatoms. The predicted molar refractivity (Wildman–Crippen MR) is 78.9 cm³/mol. The maximum atomic E-state index is 5.99. The molecule has 0 aliphatic carbocycles. The molecule has 0 aromatic heterocycles. The van der Waals surface area contributed by atoms with Crippen molar-refractivity contribution in [1.82, 2.24) is 4.90 Å². The molecule has 1 heterocycles. The smallest absolute Gasteiger partial charge is 0.0574 e. The van der Waals surface area contributed by atoms with Crippen LogP contribution in [0.3, 0.4) is 0 Å². The SMILES string of the molecule is Cc1ccc(NCCC2CCCN(C)C2)c(N)c1. The van der Waals surface area contributed by atoms with Crippen molar-refractivity contribution in [2.24, 2.45) is 5.92 Å². The summed E-state index contributed by atoms with van der Waals surface area (Å²) in [6.45, 7) is 5.59. The molecule has 1 aliphatic heterocycles. The highest BCUT2D eigenvalue weighted by Gasteiger charge is 2.16. The first-order valence-electron chi connectivity index (χ1n) is 6.93. The van der Waals surface area contributed by atoms with Crippen LogP contribution in [0, 0.1) is 12.8 Å². The molecule has 1 saturated heterocycles. The van der Waals surface area contributed by atoms with E-state index in [1.165, 1.54) is 37.9 Å². The summed E-state index contributed by atoms with van der Waals surface area (Å²) in [6.07, 6.45) is 3.95. The van der Waals surface area contributed by atoms with Gasteiger partial charge >= 0.3 is 0 Å². The molecule has 0 radical (unpaired) electrons. The Balaban J connectivity index is 1.77. The first kappa shape index (κ1) is 13.2. The Morgan fingerprint density at radius 3 is 3.00 bits per heavy atom. The number of hydrogen-bond donors (Lipinski definition) is 2. The standard InChI is InChI=1S/C15H25N3/c1-12-5-6-15(14(16)10-12)17-8-7-13-4-3-9-18(2)11-13/h5-6,10,13,17H,3-4,7-9,11,16H2,1-2H3. The average Bonchev–Trinajstić information content (AvgIpc) is 2.32. The van der Waals surface area contributed by atoms with Crippen molar-refractivity contribution in [2.75, 3.05) is 37.7 Å². The number of aryl methyl sites for hydroxylation is 1. The Morgan fingerprint density at radius 1 is 1.44 bits per heavy atom. The summed E-state index contributed by atoms with van der Waals surface area (Å²) in [6, 6.07) is 6.21. The quantitative estimate of drug-likeness (QED) is 0.804. The molecule has 0 amide bonds. The lowest BCUT2D eigenvalue weighted by molar-refractivity contribution is 0.205. The average molecular weight is 247 g/mol. The second kappa shape index (κ2) is 6.10. The highest BCUT2D eigenvalue weighted by atomic mass is 15.1. The zero-order valence-corrected chi connectivity index (χ0v) is 11.6. The fraction of sp³-hybridized carbons (Fsp3) is 0.600. The number of benzene rings is 1. The molecule has 1 aliphatic rings. The number of nitrogens with zero attached hydrogens (tertiary/aromatic N) is 1. The molecule has 1 aromatic rings. The molecular weight excluding hydrogens is 222 g/mol. The Bertz CT molecular complexity index is 389. The number of nitrogens with two attached hydrogens (primary N) is 1. The van der Waals surface area contributed by atoms with E-state index in [9.17, 15) is 0 Å². The number of anilines is 2. The lowest BCUT2D eigenvalue weighted by Crippen LogP contribution is -2.32. The van der Waals surface area contributed by atoms with Crippen LogP contribution in [0.4, 0.5) is 11.4 Å². The highest BCUT2D eigenvalue weighted by molar-refractivity contribution is 5.66. The van der Waals surface area contributed by atoms with Crippen LogP contribution in [0.2, 0.25) is 0 Å². The molecule has 3 nitrogen and oxygen atoms in total. The van der Waals surface area contributed by atoms with E-state index in [4.69, 9.17) is 5.73 Å². The normalized spacial score (nSPS) is 20.9. The van der Waals surface area contributed by atoms with Crippen molar-refractivity contribution in [3.8, 4) is 0 Å². The third-order valence-corrected chi connectivity index (χ3v) is 3.80. The predicted octanol–water partition coefficient (Wildman–Crippen LogP) is 2.72. The van der Waals surface area contributed by atoms with Gasteiger partial charge in [-0.15, -0.1) is 0 Å². The minimum Gasteiger partial charge on any atom is -0.397 e. The number of rotatable bonds is 4. The number of likely N-dealkylation sites (tertiary alicyclic amines) is 1. The second-order valence-electron chi connectivity index (χ2n) is 5.58. The van der Waals surface area contributed by atoms with Crippen LogP contribution in [0.5, 0.6) is 0 Å². The number of piperidine rings is 1. The van der Waals surface area contributed by atoms with Gasteiger partial charge in [0, 0.05) is 13.1 Å². The van der Waals surface area contributed by atoms with Crippen LogP contribution in [0.1, 0.15) is 24.8 Å². The Morgan fingerprint density at radius 2 is 2.28 bits per heavy atom. The summed E-state index contributed by atoms with van der Waals surface area (Å²) >= 11 is 0. The monoisotopic (exact) mass is 247 g/mol. The molecule has 1 unspecified atom stereocenters. The van der Waals surface area contributed by atoms with E-state index in [-0.39, 0.29) is 0 Å². The van der Waals surface area contributed by atoms with Gasteiger partial charge in [-0.2, -0.15) is 0 Å². The van der Waals surface area contributed by atoms with Crippen LogP contribution < -0.4 is 11.1 Å². The summed E-state index contributed by atoms with van der Waals surface area (Å²) in [7, 11) is 2.22. The van der Waals surface area contributed by atoms with Gasteiger partial charge in [-0.1, -0.05) is 6.07 Å². The van der Waals surface area contributed by atoms with Gasteiger partial charge in [0.15, 0.2) is 0 Å². The lowest BCUT2D eigenvalue weighted by Gasteiger charge is -2.29. The van der Waals surface area contributed by atoms with Gasteiger partial charge in [0.25, 0.3) is 0 Å². The zero-order chi connectivity index (χ0) is 13.0. The van der Waals surface area contributed by atoms with Crippen LogP contribution in [0.15, 0.2) is 18.2 Å².